The van der Waals surface area contributed by atoms with Crippen molar-refractivity contribution in [3.8, 4) is 0 Å². The van der Waals surface area contributed by atoms with Gasteiger partial charge in [-0.15, -0.1) is 0 Å². The molecule has 0 radical (unpaired) electrons. The van der Waals surface area contributed by atoms with Gasteiger partial charge in [-0.05, 0) is 52.4 Å². The van der Waals surface area contributed by atoms with Gasteiger partial charge in [-0.2, -0.15) is 0 Å². The predicted octanol–water partition coefficient (Wildman–Crippen LogP) is 3.34. The van der Waals surface area contributed by atoms with Gasteiger partial charge >= 0.3 is 5.97 Å². The molecular formula is C17H21BrFNO3. The summed E-state index contributed by atoms with van der Waals surface area (Å²) < 4.78 is 13.7. The maximum Gasteiger partial charge on any atom is 0.308 e. The molecule has 0 saturated carbocycles. The quantitative estimate of drug-likeness (QED) is 0.864. The molecule has 23 heavy (non-hydrogen) atoms. The largest absolute Gasteiger partial charge is 0.481 e. The van der Waals surface area contributed by atoms with E-state index in [4.69, 9.17) is 0 Å². The van der Waals surface area contributed by atoms with Gasteiger partial charge in [-0.3, -0.25) is 9.59 Å². The SMILES string of the molecule is CC1CC(C(=O)O)CN(C(=O)C(C)Cc2ccc(F)c(Br)c2)C1. The van der Waals surface area contributed by atoms with Crippen molar-refractivity contribution in [2.24, 2.45) is 17.8 Å². The van der Waals surface area contributed by atoms with E-state index in [1.165, 1.54) is 6.07 Å². The molecule has 4 nitrogen and oxygen atoms in total. The summed E-state index contributed by atoms with van der Waals surface area (Å²) >= 11 is 3.15. The summed E-state index contributed by atoms with van der Waals surface area (Å²) in [7, 11) is 0. The summed E-state index contributed by atoms with van der Waals surface area (Å²) in [5, 5.41) is 9.21. The number of carbonyl (C=O) groups is 2. The zero-order valence-corrected chi connectivity index (χ0v) is 14.8. The lowest BCUT2D eigenvalue weighted by molar-refractivity contribution is -0.148. The third kappa shape index (κ3) is 4.53. The zero-order chi connectivity index (χ0) is 17.1. The molecule has 0 aliphatic carbocycles. The van der Waals surface area contributed by atoms with E-state index in [2.05, 4.69) is 15.9 Å². The molecule has 2 rings (SSSR count). The Labute approximate surface area is 143 Å². The van der Waals surface area contributed by atoms with E-state index in [0.29, 0.717) is 23.9 Å². The summed E-state index contributed by atoms with van der Waals surface area (Å²) in [6.45, 7) is 4.67. The zero-order valence-electron chi connectivity index (χ0n) is 13.3. The van der Waals surface area contributed by atoms with Crippen molar-refractivity contribution in [1.82, 2.24) is 4.90 Å². The third-order valence-electron chi connectivity index (χ3n) is 4.27. The highest BCUT2D eigenvalue weighted by Gasteiger charge is 2.33. The van der Waals surface area contributed by atoms with Crippen molar-refractivity contribution in [3.63, 3.8) is 0 Å². The maximum absolute atomic E-state index is 13.3. The van der Waals surface area contributed by atoms with Gasteiger partial charge in [-0.1, -0.05) is 19.9 Å². The molecule has 126 valence electrons. The van der Waals surface area contributed by atoms with Crippen LogP contribution in [0, 0.1) is 23.6 Å². The van der Waals surface area contributed by atoms with Gasteiger partial charge in [0.2, 0.25) is 5.91 Å². The molecule has 1 saturated heterocycles. The van der Waals surface area contributed by atoms with Crippen molar-refractivity contribution in [1.29, 1.82) is 0 Å². The number of benzene rings is 1. The number of hydrogen-bond acceptors (Lipinski definition) is 2. The fourth-order valence-electron chi connectivity index (χ4n) is 3.13. The molecule has 0 bridgehead atoms. The molecule has 3 unspecified atom stereocenters. The second-order valence-electron chi connectivity index (χ2n) is 6.47. The Morgan fingerprint density at radius 2 is 2.13 bits per heavy atom. The Morgan fingerprint density at radius 3 is 2.74 bits per heavy atom. The number of piperidine rings is 1. The van der Waals surface area contributed by atoms with Crippen LogP contribution in [0.3, 0.4) is 0 Å². The molecule has 1 aromatic carbocycles. The smallest absolute Gasteiger partial charge is 0.308 e. The van der Waals surface area contributed by atoms with Crippen LogP contribution >= 0.6 is 15.9 Å². The Morgan fingerprint density at radius 1 is 1.43 bits per heavy atom. The molecule has 1 aliphatic heterocycles. The molecule has 1 N–H and O–H groups in total. The van der Waals surface area contributed by atoms with Gasteiger partial charge in [0.15, 0.2) is 0 Å². The van der Waals surface area contributed by atoms with Crippen molar-refractivity contribution < 1.29 is 19.1 Å². The second kappa shape index (κ2) is 7.43. The number of carboxylic acid groups (broad SMARTS) is 1. The minimum Gasteiger partial charge on any atom is -0.481 e. The number of aliphatic carboxylic acids is 1. The fraction of sp³-hybridized carbons (Fsp3) is 0.529. The average Bonchev–Trinajstić information content (AvgIpc) is 2.49. The first-order valence-electron chi connectivity index (χ1n) is 7.73. The Kier molecular flexibility index (Phi) is 5.79. The van der Waals surface area contributed by atoms with Crippen LogP contribution in [-0.2, 0) is 16.0 Å². The number of hydrogen-bond donors (Lipinski definition) is 1. The van der Waals surface area contributed by atoms with E-state index < -0.39 is 11.9 Å². The van der Waals surface area contributed by atoms with Crippen LogP contribution in [0.5, 0.6) is 0 Å². The molecule has 1 amide bonds. The summed E-state index contributed by atoms with van der Waals surface area (Å²) in [5.74, 6) is -1.79. The van der Waals surface area contributed by atoms with Crippen LogP contribution < -0.4 is 0 Å². The molecule has 1 fully saturated rings. The Bertz CT molecular complexity index is 608. The monoisotopic (exact) mass is 385 g/mol. The predicted molar refractivity (Wildman–Crippen MR) is 88.5 cm³/mol. The van der Waals surface area contributed by atoms with Crippen LogP contribution in [-0.4, -0.2) is 35.0 Å². The molecule has 1 heterocycles. The number of amides is 1. The Hall–Kier alpha value is -1.43. The average molecular weight is 386 g/mol. The highest BCUT2D eigenvalue weighted by atomic mass is 79.9. The first kappa shape index (κ1) is 17.9. The standard InChI is InChI=1S/C17H21BrFNO3/c1-10-5-13(17(22)23)9-20(8-10)16(21)11(2)6-12-3-4-15(19)14(18)7-12/h3-4,7,10-11,13H,5-6,8-9H2,1-2H3,(H,22,23). The first-order chi connectivity index (χ1) is 10.8. The highest BCUT2D eigenvalue weighted by molar-refractivity contribution is 9.10. The third-order valence-corrected chi connectivity index (χ3v) is 4.88. The van der Waals surface area contributed by atoms with Crippen molar-refractivity contribution in [2.45, 2.75) is 26.7 Å². The first-order valence-corrected chi connectivity index (χ1v) is 8.52. The van der Waals surface area contributed by atoms with Crippen LogP contribution in [0.25, 0.3) is 0 Å². The number of carboxylic acids is 1. The number of rotatable bonds is 4. The summed E-state index contributed by atoms with van der Waals surface area (Å²) in [6, 6.07) is 4.72. The number of carbonyl (C=O) groups excluding carboxylic acids is 1. The molecule has 6 heteroatoms. The highest BCUT2D eigenvalue weighted by Crippen LogP contribution is 2.25. The topological polar surface area (TPSA) is 57.6 Å². The van der Waals surface area contributed by atoms with E-state index >= 15 is 0 Å². The Balaban J connectivity index is 2.03. The number of likely N-dealkylation sites (tertiary alicyclic amines) is 1. The van der Waals surface area contributed by atoms with Crippen molar-refractivity contribution in [3.05, 3.63) is 34.1 Å². The summed E-state index contributed by atoms with van der Waals surface area (Å²) in [4.78, 5) is 25.5. The van der Waals surface area contributed by atoms with Crippen LogP contribution in [0.1, 0.15) is 25.8 Å². The maximum atomic E-state index is 13.3. The van der Waals surface area contributed by atoms with Crippen molar-refractivity contribution >= 4 is 27.8 Å². The normalized spacial score (nSPS) is 22.7. The molecule has 1 aromatic rings. The lowest BCUT2D eigenvalue weighted by Gasteiger charge is -2.36. The van der Waals surface area contributed by atoms with E-state index in [9.17, 15) is 19.1 Å². The fourth-order valence-corrected chi connectivity index (χ4v) is 3.56. The van der Waals surface area contributed by atoms with Crippen LogP contribution in [0.2, 0.25) is 0 Å². The van der Waals surface area contributed by atoms with E-state index in [-0.39, 0.29) is 30.1 Å². The molecular weight excluding hydrogens is 365 g/mol. The number of halogens is 2. The summed E-state index contributed by atoms with van der Waals surface area (Å²) in [6.07, 6.45) is 1.11. The minimum absolute atomic E-state index is 0.0387. The lowest BCUT2D eigenvalue weighted by Crippen LogP contribution is -2.47. The van der Waals surface area contributed by atoms with Gasteiger partial charge in [-0.25, -0.2) is 4.39 Å². The van der Waals surface area contributed by atoms with E-state index in [0.717, 1.165) is 5.56 Å². The molecule has 0 aromatic heterocycles. The van der Waals surface area contributed by atoms with Crippen molar-refractivity contribution in [2.75, 3.05) is 13.1 Å². The molecule has 0 spiro atoms. The van der Waals surface area contributed by atoms with Crippen LogP contribution in [0.4, 0.5) is 4.39 Å². The van der Waals surface area contributed by atoms with Gasteiger partial charge in [0.25, 0.3) is 0 Å². The molecule has 1 aliphatic rings. The number of nitrogens with zero attached hydrogens (tertiary/aromatic N) is 1. The minimum atomic E-state index is -0.843. The summed E-state index contributed by atoms with van der Waals surface area (Å²) in [5.41, 5.74) is 0.874. The van der Waals surface area contributed by atoms with Gasteiger partial charge in [0, 0.05) is 19.0 Å². The van der Waals surface area contributed by atoms with Gasteiger partial charge in [0.1, 0.15) is 5.82 Å². The van der Waals surface area contributed by atoms with E-state index in [1.54, 1.807) is 17.0 Å². The van der Waals surface area contributed by atoms with Gasteiger partial charge in [0.05, 0.1) is 10.4 Å². The van der Waals surface area contributed by atoms with Gasteiger partial charge < -0.3 is 10.0 Å². The van der Waals surface area contributed by atoms with E-state index in [1.807, 2.05) is 13.8 Å². The lowest BCUT2D eigenvalue weighted by atomic mass is 9.89. The second-order valence-corrected chi connectivity index (χ2v) is 7.33. The van der Waals surface area contributed by atoms with Crippen LogP contribution in [0.15, 0.2) is 22.7 Å². The molecule has 3 atom stereocenters.